The molecule has 23 heavy (non-hydrogen) atoms. The molecular formula is C18H19ClFNO2. The minimum absolute atomic E-state index is 0.0350. The molecule has 0 aromatic heterocycles. The summed E-state index contributed by atoms with van der Waals surface area (Å²) in [5.74, 6) is 0.342. The van der Waals surface area contributed by atoms with Crippen LogP contribution in [0, 0.1) is 5.82 Å². The van der Waals surface area contributed by atoms with Crippen molar-refractivity contribution in [2.75, 3.05) is 18.5 Å². The first kappa shape index (κ1) is 17.3. The number of hydrogen-bond acceptors (Lipinski definition) is 3. The van der Waals surface area contributed by atoms with E-state index in [-0.39, 0.29) is 10.8 Å². The summed E-state index contributed by atoms with van der Waals surface area (Å²) in [5.41, 5.74) is 1.33. The molecule has 0 radical (unpaired) electrons. The first-order valence-corrected chi connectivity index (χ1v) is 7.93. The Kier molecular flexibility index (Phi) is 6.41. The van der Waals surface area contributed by atoms with Gasteiger partial charge in [0.1, 0.15) is 11.6 Å². The number of carbonyl (C=O) groups is 1. The standard InChI is InChI=1S/C18H19ClFNO2/c1-2-11-23-15-6-3-13(4-7-15)18(22)9-10-21-14-5-8-17(20)16(19)12-14/h3-8,12,21H,2,9-11H2,1H3. The number of hydrogen-bond donors (Lipinski definition) is 1. The number of halogens is 2. The van der Waals surface area contributed by atoms with E-state index in [9.17, 15) is 9.18 Å². The molecule has 122 valence electrons. The van der Waals surface area contributed by atoms with E-state index in [1.54, 1.807) is 30.3 Å². The van der Waals surface area contributed by atoms with Crippen LogP contribution in [0.5, 0.6) is 5.75 Å². The van der Waals surface area contributed by atoms with E-state index in [2.05, 4.69) is 5.32 Å². The number of rotatable bonds is 8. The lowest BCUT2D eigenvalue weighted by Crippen LogP contribution is -2.09. The number of Topliss-reactive ketones (excluding diaryl/α,β-unsaturated/α-hetero) is 1. The van der Waals surface area contributed by atoms with Gasteiger partial charge in [-0.2, -0.15) is 0 Å². The second-order valence-corrected chi connectivity index (χ2v) is 5.51. The largest absolute Gasteiger partial charge is 0.494 e. The molecule has 1 N–H and O–H groups in total. The summed E-state index contributed by atoms with van der Waals surface area (Å²) in [4.78, 5) is 12.1. The fraction of sp³-hybridized carbons (Fsp3) is 0.278. The monoisotopic (exact) mass is 335 g/mol. The van der Waals surface area contributed by atoms with Crippen molar-refractivity contribution in [3.05, 3.63) is 58.9 Å². The molecule has 0 aliphatic heterocycles. The van der Waals surface area contributed by atoms with E-state index >= 15 is 0 Å². The Morgan fingerprint density at radius 1 is 1.22 bits per heavy atom. The lowest BCUT2D eigenvalue weighted by molar-refractivity contribution is 0.0986. The predicted octanol–water partition coefficient (Wildman–Crippen LogP) is 4.95. The Morgan fingerprint density at radius 3 is 2.61 bits per heavy atom. The Morgan fingerprint density at radius 2 is 1.96 bits per heavy atom. The second-order valence-electron chi connectivity index (χ2n) is 5.10. The molecule has 0 saturated carbocycles. The number of anilines is 1. The summed E-state index contributed by atoms with van der Waals surface area (Å²) >= 11 is 5.71. The van der Waals surface area contributed by atoms with Crippen LogP contribution in [-0.4, -0.2) is 18.9 Å². The normalized spacial score (nSPS) is 10.4. The molecule has 0 spiro atoms. The third kappa shape index (κ3) is 5.25. The zero-order valence-electron chi connectivity index (χ0n) is 12.9. The smallest absolute Gasteiger partial charge is 0.164 e. The number of ether oxygens (including phenoxy) is 1. The number of nitrogens with one attached hydrogen (secondary N) is 1. The molecule has 5 heteroatoms. The van der Waals surface area contributed by atoms with E-state index in [0.29, 0.717) is 30.8 Å². The van der Waals surface area contributed by atoms with Gasteiger partial charge >= 0.3 is 0 Å². The molecule has 2 aromatic carbocycles. The minimum Gasteiger partial charge on any atom is -0.494 e. The Labute approximate surface area is 140 Å². The highest BCUT2D eigenvalue weighted by molar-refractivity contribution is 6.31. The molecule has 0 amide bonds. The Bertz CT molecular complexity index is 659. The summed E-state index contributed by atoms with van der Waals surface area (Å²) in [6.45, 7) is 3.16. The zero-order chi connectivity index (χ0) is 16.7. The van der Waals surface area contributed by atoms with Crippen molar-refractivity contribution >= 4 is 23.1 Å². The molecular weight excluding hydrogens is 317 g/mol. The molecule has 0 bridgehead atoms. The Balaban J connectivity index is 1.83. The van der Waals surface area contributed by atoms with Crippen LogP contribution in [0.3, 0.4) is 0 Å². The van der Waals surface area contributed by atoms with Crippen LogP contribution in [0.1, 0.15) is 30.1 Å². The van der Waals surface area contributed by atoms with Crippen LogP contribution in [-0.2, 0) is 0 Å². The predicted molar refractivity (Wildman–Crippen MR) is 91.1 cm³/mol. The van der Waals surface area contributed by atoms with Crippen molar-refractivity contribution in [3.8, 4) is 5.75 Å². The van der Waals surface area contributed by atoms with Crippen molar-refractivity contribution in [1.82, 2.24) is 0 Å². The average molecular weight is 336 g/mol. The lowest BCUT2D eigenvalue weighted by atomic mass is 10.1. The summed E-state index contributed by atoms with van der Waals surface area (Å²) < 4.78 is 18.5. The maximum Gasteiger partial charge on any atom is 0.164 e. The van der Waals surface area contributed by atoms with E-state index in [1.807, 2.05) is 6.92 Å². The molecule has 3 nitrogen and oxygen atoms in total. The topological polar surface area (TPSA) is 38.3 Å². The summed E-state index contributed by atoms with van der Waals surface area (Å²) in [5, 5.41) is 3.12. The molecule has 0 aliphatic rings. The van der Waals surface area contributed by atoms with E-state index < -0.39 is 5.82 Å². The van der Waals surface area contributed by atoms with Crippen LogP contribution in [0.4, 0.5) is 10.1 Å². The summed E-state index contributed by atoms with van der Waals surface area (Å²) in [7, 11) is 0. The third-order valence-corrected chi connectivity index (χ3v) is 3.54. The van der Waals surface area contributed by atoms with Gasteiger partial charge in [0, 0.05) is 24.2 Å². The van der Waals surface area contributed by atoms with Crippen LogP contribution in [0.15, 0.2) is 42.5 Å². The maximum atomic E-state index is 13.1. The molecule has 0 heterocycles. The fourth-order valence-electron chi connectivity index (χ4n) is 2.03. The van der Waals surface area contributed by atoms with Gasteiger partial charge in [0.25, 0.3) is 0 Å². The minimum atomic E-state index is -0.460. The molecule has 2 rings (SSSR count). The lowest BCUT2D eigenvalue weighted by Gasteiger charge is -2.08. The fourth-order valence-corrected chi connectivity index (χ4v) is 2.21. The first-order chi connectivity index (χ1) is 11.1. The van der Waals surface area contributed by atoms with Gasteiger partial charge in [0.05, 0.1) is 11.6 Å². The van der Waals surface area contributed by atoms with Gasteiger partial charge in [-0.25, -0.2) is 4.39 Å². The van der Waals surface area contributed by atoms with E-state index in [0.717, 1.165) is 12.2 Å². The van der Waals surface area contributed by atoms with Crippen LogP contribution < -0.4 is 10.1 Å². The second kappa shape index (κ2) is 8.53. The molecule has 0 fully saturated rings. The van der Waals surface area contributed by atoms with Gasteiger partial charge in [0.2, 0.25) is 0 Å². The summed E-state index contributed by atoms with van der Waals surface area (Å²) in [6, 6.07) is 11.5. The SMILES string of the molecule is CCCOc1ccc(C(=O)CCNc2ccc(F)c(Cl)c2)cc1. The molecule has 0 aliphatic carbocycles. The first-order valence-electron chi connectivity index (χ1n) is 7.55. The maximum absolute atomic E-state index is 13.1. The van der Waals surface area contributed by atoms with E-state index in [1.165, 1.54) is 12.1 Å². The van der Waals surface area contributed by atoms with Crippen molar-refractivity contribution in [3.63, 3.8) is 0 Å². The highest BCUT2D eigenvalue weighted by Crippen LogP contribution is 2.19. The van der Waals surface area contributed by atoms with Gasteiger partial charge in [-0.3, -0.25) is 4.79 Å². The van der Waals surface area contributed by atoms with Gasteiger partial charge in [-0.05, 0) is 48.9 Å². The van der Waals surface area contributed by atoms with Crippen molar-refractivity contribution in [2.24, 2.45) is 0 Å². The molecule has 0 unspecified atom stereocenters. The van der Waals surface area contributed by atoms with Crippen molar-refractivity contribution in [1.29, 1.82) is 0 Å². The van der Waals surface area contributed by atoms with E-state index in [4.69, 9.17) is 16.3 Å². The number of ketones is 1. The van der Waals surface area contributed by atoms with Crippen LogP contribution >= 0.6 is 11.6 Å². The van der Waals surface area contributed by atoms with Gasteiger partial charge in [0.15, 0.2) is 5.78 Å². The third-order valence-electron chi connectivity index (χ3n) is 3.25. The average Bonchev–Trinajstić information content (AvgIpc) is 2.56. The molecule has 0 atom stereocenters. The van der Waals surface area contributed by atoms with Crippen molar-refractivity contribution in [2.45, 2.75) is 19.8 Å². The zero-order valence-corrected chi connectivity index (χ0v) is 13.7. The quantitative estimate of drug-likeness (QED) is 0.693. The van der Waals surface area contributed by atoms with Gasteiger partial charge < -0.3 is 10.1 Å². The highest BCUT2D eigenvalue weighted by Gasteiger charge is 2.06. The van der Waals surface area contributed by atoms with Crippen LogP contribution in [0.25, 0.3) is 0 Å². The van der Waals surface area contributed by atoms with Gasteiger partial charge in [-0.1, -0.05) is 18.5 Å². The Hall–Kier alpha value is -2.07. The number of carbonyl (C=O) groups excluding carboxylic acids is 1. The van der Waals surface area contributed by atoms with Crippen molar-refractivity contribution < 1.29 is 13.9 Å². The molecule has 0 saturated heterocycles. The summed E-state index contributed by atoms with van der Waals surface area (Å²) in [6.07, 6.45) is 1.28. The van der Waals surface area contributed by atoms with Crippen LogP contribution in [0.2, 0.25) is 5.02 Å². The van der Waals surface area contributed by atoms with Gasteiger partial charge in [-0.15, -0.1) is 0 Å². The molecule has 2 aromatic rings. The number of benzene rings is 2. The highest BCUT2D eigenvalue weighted by atomic mass is 35.5.